The van der Waals surface area contributed by atoms with E-state index in [2.05, 4.69) is 52.9 Å². The standard InChI is InChI=1S/C16H24BrN/c1-3-4-14-7-9-18(10-8-14)16-6-5-13(2)11-15(16)12-17/h5-6,11,14H,3-4,7-10,12H2,1-2H3. The Balaban J connectivity index is 2.05. The predicted molar refractivity (Wildman–Crippen MR) is 83.7 cm³/mol. The van der Waals surface area contributed by atoms with E-state index in [0.29, 0.717) is 0 Å². The van der Waals surface area contributed by atoms with Crippen molar-refractivity contribution >= 4 is 21.6 Å². The van der Waals surface area contributed by atoms with Crippen molar-refractivity contribution in [2.45, 2.75) is 44.9 Å². The fraction of sp³-hybridized carbons (Fsp3) is 0.625. The van der Waals surface area contributed by atoms with Gasteiger partial charge in [-0.05, 0) is 37.3 Å². The van der Waals surface area contributed by atoms with Gasteiger partial charge in [0.2, 0.25) is 0 Å². The van der Waals surface area contributed by atoms with Gasteiger partial charge in [-0.1, -0.05) is 53.4 Å². The van der Waals surface area contributed by atoms with Gasteiger partial charge in [0, 0.05) is 24.1 Å². The molecule has 2 heteroatoms. The fourth-order valence-corrected chi connectivity index (χ4v) is 3.45. The van der Waals surface area contributed by atoms with E-state index in [0.717, 1.165) is 11.2 Å². The van der Waals surface area contributed by atoms with Gasteiger partial charge in [-0.15, -0.1) is 0 Å². The topological polar surface area (TPSA) is 3.24 Å². The molecule has 18 heavy (non-hydrogen) atoms. The minimum Gasteiger partial charge on any atom is -0.371 e. The maximum Gasteiger partial charge on any atom is 0.0407 e. The van der Waals surface area contributed by atoms with Gasteiger partial charge in [-0.25, -0.2) is 0 Å². The second-order valence-electron chi connectivity index (χ2n) is 5.48. The van der Waals surface area contributed by atoms with Crippen LogP contribution >= 0.6 is 15.9 Å². The number of rotatable bonds is 4. The minimum atomic E-state index is 0.957. The lowest BCUT2D eigenvalue weighted by atomic mass is 9.92. The second-order valence-corrected chi connectivity index (χ2v) is 6.05. The third-order valence-corrected chi connectivity index (χ3v) is 4.64. The van der Waals surface area contributed by atoms with Crippen molar-refractivity contribution in [2.24, 2.45) is 5.92 Å². The number of alkyl halides is 1. The molecule has 1 heterocycles. The molecule has 1 aliphatic heterocycles. The van der Waals surface area contributed by atoms with Gasteiger partial charge in [0.1, 0.15) is 0 Å². The molecular formula is C16H24BrN. The summed E-state index contributed by atoms with van der Waals surface area (Å²) >= 11 is 3.62. The van der Waals surface area contributed by atoms with Crippen LogP contribution in [0, 0.1) is 12.8 Å². The summed E-state index contributed by atoms with van der Waals surface area (Å²) in [7, 11) is 0. The molecule has 0 bridgehead atoms. The summed E-state index contributed by atoms with van der Waals surface area (Å²) in [6.45, 7) is 6.93. The molecule has 1 nitrogen and oxygen atoms in total. The van der Waals surface area contributed by atoms with Crippen LogP contribution in [0.4, 0.5) is 5.69 Å². The monoisotopic (exact) mass is 309 g/mol. The number of benzene rings is 1. The first-order chi connectivity index (χ1) is 8.74. The summed E-state index contributed by atoms with van der Waals surface area (Å²) in [5.74, 6) is 0.962. The Morgan fingerprint density at radius 2 is 2.00 bits per heavy atom. The second kappa shape index (κ2) is 6.60. The Hall–Kier alpha value is -0.500. The number of nitrogens with zero attached hydrogens (tertiary/aromatic N) is 1. The molecular weight excluding hydrogens is 286 g/mol. The van der Waals surface area contributed by atoms with Crippen molar-refractivity contribution in [1.29, 1.82) is 0 Å². The Labute approximate surface area is 120 Å². The predicted octanol–water partition coefficient (Wildman–Crippen LogP) is 4.91. The zero-order chi connectivity index (χ0) is 13.0. The van der Waals surface area contributed by atoms with Crippen LogP contribution in [0.25, 0.3) is 0 Å². The maximum absolute atomic E-state index is 3.62. The molecule has 0 aliphatic carbocycles. The molecule has 0 unspecified atom stereocenters. The number of piperidine rings is 1. The van der Waals surface area contributed by atoms with E-state index in [4.69, 9.17) is 0 Å². The minimum absolute atomic E-state index is 0.957. The van der Waals surface area contributed by atoms with Gasteiger partial charge in [0.25, 0.3) is 0 Å². The largest absolute Gasteiger partial charge is 0.371 e. The van der Waals surface area contributed by atoms with Gasteiger partial charge in [-0.2, -0.15) is 0 Å². The zero-order valence-electron chi connectivity index (χ0n) is 11.6. The Bertz CT molecular complexity index is 381. The summed E-state index contributed by atoms with van der Waals surface area (Å²) in [6, 6.07) is 6.84. The first-order valence-corrected chi connectivity index (χ1v) is 8.27. The highest BCUT2D eigenvalue weighted by Gasteiger charge is 2.20. The first kappa shape index (κ1) is 13.9. The molecule has 0 N–H and O–H groups in total. The summed E-state index contributed by atoms with van der Waals surface area (Å²) < 4.78 is 0. The Morgan fingerprint density at radius 3 is 2.61 bits per heavy atom. The highest BCUT2D eigenvalue weighted by Crippen LogP contribution is 2.29. The number of hydrogen-bond acceptors (Lipinski definition) is 1. The molecule has 0 amide bonds. The number of hydrogen-bond donors (Lipinski definition) is 0. The van der Waals surface area contributed by atoms with Crippen LogP contribution in [0.1, 0.15) is 43.7 Å². The van der Waals surface area contributed by atoms with Crippen LogP contribution in [-0.2, 0) is 5.33 Å². The van der Waals surface area contributed by atoms with Crippen molar-refractivity contribution in [2.75, 3.05) is 18.0 Å². The van der Waals surface area contributed by atoms with E-state index in [1.165, 1.54) is 55.6 Å². The Kier molecular flexibility index (Phi) is 5.11. The highest BCUT2D eigenvalue weighted by molar-refractivity contribution is 9.08. The molecule has 1 fully saturated rings. The number of anilines is 1. The smallest absolute Gasteiger partial charge is 0.0407 e. The van der Waals surface area contributed by atoms with Crippen LogP contribution in [0.3, 0.4) is 0 Å². The van der Waals surface area contributed by atoms with E-state index in [1.54, 1.807) is 0 Å². The van der Waals surface area contributed by atoms with Gasteiger partial charge >= 0.3 is 0 Å². The Morgan fingerprint density at radius 1 is 1.28 bits per heavy atom. The van der Waals surface area contributed by atoms with Gasteiger partial charge in [0.05, 0.1) is 0 Å². The molecule has 1 aromatic rings. The highest BCUT2D eigenvalue weighted by atomic mass is 79.9. The van der Waals surface area contributed by atoms with Crippen molar-refractivity contribution < 1.29 is 0 Å². The van der Waals surface area contributed by atoms with Crippen LogP contribution in [0.2, 0.25) is 0 Å². The molecule has 0 spiro atoms. The lowest BCUT2D eigenvalue weighted by Crippen LogP contribution is -2.34. The molecule has 0 radical (unpaired) electrons. The van der Waals surface area contributed by atoms with E-state index in [1.807, 2.05) is 0 Å². The van der Waals surface area contributed by atoms with Crippen LogP contribution in [-0.4, -0.2) is 13.1 Å². The van der Waals surface area contributed by atoms with E-state index in [9.17, 15) is 0 Å². The van der Waals surface area contributed by atoms with Gasteiger partial charge in [0.15, 0.2) is 0 Å². The van der Waals surface area contributed by atoms with Crippen molar-refractivity contribution in [1.82, 2.24) is 0 Å². The maximum atomic E-state index is 3.62. The van der Waals surface area contributed by atoms with Gasteiger partial charge in [-0.3, -0.25) is 0 Å². The van der Waals surface area contributed by atoms with E-state index >= 15 is 0 Å². The van der Waals surface area contributed by atoms with Crippen LogP contribution in [0.5, 0.6) is 0 Å². The quantitative estimate of drug-likeness (QED) is 0.715. The lowest BCUT2D eigenvalue weighted by Gasteiger charge is -2.34. The normalized spacial score (nSPS) is 17.2. The summed E-state index contributed by atoms with van der Waals surface area (Å²) in [5.41, 5.74) is 4.23. The van der Waals surface area contributed by atoms with E-state index < -0.39 is 0 Å². The summed E-state index contributed by atoms with van der Waals surface area (Å²) in [4.78, 5) is 2.57. The molecule has 0 atom stereocenters. The van der Waals surface area contributed by atoms with Crippen molar-refractivity contribution in [3.63, 3.8) is 0 Å². The fourth-order valence-electron chi connectivity index (χ4n) is 3.00. The number of halogens is 1. The summed E-state index contributed by atoms with van der Waals surface area (Å²) in [5, 5.41) is 0.957. The average Bonchev–Trinajstić information content (AvgIpc) is 2.40. The third kappa shape index (κ3) is 3.28. The summed E-state index contributed by atoms with van der Waals surface area (Å²) in [6.07, 6.45) is 5.47. The van der Waals surface area contributed by atoms with Crippen molar-refractivity contribution in [3.8, 4) is 0 Å². The zero-order valence-corrected chi connectivity index (χ0v) is 13.2. The van der Waals surface area contributed by atoms with Gasteiger partial charge < -0.3 is 4.90 Å². The molecule has 1 aromatic carbocycles. The SMILES string of the molecule is CCCC1CCN(c2ccc(C)cc2CBr)CC1. The van der Waals surface area contributed by atoms with Crippen molar-refractivity contribution in [3.05, 3.63) is 29.3 Å². The third-order valence-electron chi connectivity index (χ3n) is 4.03. The molecule has 0 aromatic heterocycles. The molecule has 2 rings (SSSR count). The molecule has 100 valence electrons. The van der Waals surface area contributed by atoms with E-state index in [-0.39, 0.29) is 0 Å². The molecule has 0 saturated carbocycles. The molecule has 1 saturated heterocycles. The van der Waals surface area contributed by atoms with Crippen LogP contribution in [0.15, 0.2) is 18.2 Å². The lowest BCUT2D eigenvalue weighted by molar-refractivity contribution is 0.378. The first-order valence-electron chi connectivity index (χ1n) is 7.15. The number of aryl methyl sites for hydroxylation is 1. The molecule has 1 aliphatic rings. The van der Waals surface area contributed by atoms with Crippen LogP contribution < -0.4 is 4.90 Å². The average molecular weight is 310 g/mol.